The van der Waals surface area contributed by atoms with Crippen LogP contribution in [0.3, 0.4) is 0 Å². The average molecular weight is 669 g/mol. The minimum atomic E-state index is -5.32. The van der Waals surface area contributed by atoms with Gasteiger partial charge in [-0.25, -0.2) is 35.1 Å². The summed E-state index contributed by atoms with van der Waals surface area (Å²) < 4.78 is 184. The molecule has 0 bridgehead atoms. The lowest BCUT2D eigenvalue weighted by molar-refractivity contribution is -0.207. The first-order valence-corrected chi connectivity index (χ1v) is 13.8. The molecule has 0 N–H and O–H groups in total. The molecule has 41 heavy (non-hydrogen) atoms. The summed E-state index contributed by atoms with van der Waals surface area (Å²) in [5.41, 5.74) is 0. The Bertz CT molecular complexity index is 1200. The number of alkyl halides is 14. The summed E-state index contributed by atoms with van der Waals surface area (Å²) in [6, 6.07) is 8.35. The molecule has 0 unspecified atom stereocenters. The van der Waals surface area contributed by atoms with Crippen LogP contribution in [0.1, 0.15) is 35.4 Å². The highest BCUT2D eigenvalue weighted by Gasteiger charge is 2.51. The van der Waals surface area contributed by atoms with Crippen molar-refractivity contribution in [1.29, 1.82) is 0 Å². The first-order valence-electron chi connectivity index (χ1n) is 11.3. The fourth-order valence-corrected chi connectivity index (χ4v) is 7.28. The lowest BCUT2D eigenvalue weighted by Crippen LogP contribution is -2.34. The van der Waals surface area contributed by atoms with Crippen LogP contribution in [0.25, 0.3) is 19.5 Å². The summed E-state index contributed by atoms with van der Waals surface area (Å²) >= 11 is 2.69. The van der Waals surface area contributed by atoms with Gasteiger partial charge in [0.15, 0.2) is 0 Å². The molecular weight excluding hydrogens is 650 g/mol. The van der Waals surface area contributed by atoms with Crippen LogP contribution in [0.2, 0.25) is 0 Å². The van der Waals surface area contributed by atoms with Crippen LogP contribution in [0.15, 0.2) is 36.4 Å². The van der Waals surface area contributed by atoms with E-state index in [1.54, 1.807) is 12.1 Å². The van der Waals surface area contributed by atoms with Crippen molar-refractivity contribution in [3.05, 3.63) is 46.2 Å². The van der Waals surface area contributed by atoms with Gasteiger partial charge in [-0.2, -0.15) is 26.3 Å². The standard InChI is InChI=1S/C24H18F14S3/c25-19(26,9-21(29,30)11-23(33,34)35)7-13-1-3-15(39-13)17-5-6-18(41-17)16-4-2-14(40-16)8-20(27,28)10-22(31,32)12-24(36,37)38/h1-6H,7-12H2. The average Bonchev–Trinajstić information content (AvgIpc) is 3.41. The first kappa shape index (κ1) is 33.6. The van der Waals surface area contributed by atoms with Crippen molar-refractivity contribution < 1.29 is 61.5 Å². The maximum atomic E-state index is 14.1. The third kappa shape index (κ3) is 11.0. The minimum absolute atomic E-state index is 0.0641. The summed E-state index contributed by atoms with van der Waals surface area (Å²) in [7, 11) is 0. The van der Waals surface area contributed by atoms with Gasteiger partial charge in [0.05, 0.1) is 12.8 Å². The Hall–Kier alpha value is -1.88. The molecule has 0 aliphatic heterocycles. The predicted octanol–water partition coefficient (Wildman–Crippen LogP) is 11.5. The Kier molecular flexibility index (Phi) is 9.56. The Morgan fingerprint density at radius 1 is 0.366 bits per heavy atom. The molecule has 3 aromatic rings. The van der Waals surface area contributed by atoms with Crippen molar-refractivity contribution in [2.75, 3.05) is 0 Å². The number of hydrogen-bond acceptors (Lipinski definition) is 3. The Morgan fingerprint density at radius 2 is 0.659 bits per heavy atom. The second-order valence-corrected chi connectivity index (χ2v) is 12.8. The Balaban J connectivity index is 1.65. The summed E-state index contributed by atoms with van der Waals surface area (Å²) in [4.78, 5) is 1.73. The van der Waals surface area contributed by atoms with Crippen LogP contribution < -0.4 is 0 Å². The van der Waals surface area contributed by atoms with Gasteiger partial charge in [0.2, 0.25) is 0 Å². The van der Waals surface area contributed by atoms with Gasteiger partial charge in [-0.05, 0) is 36.4 Å². The number of halogens is 14. The summed E-state index contributed by atoms with van der Waals surface area (Å²) in [6.07, 6.45) is -23.0. The van der Waals surface area contributed by atoms with Crippen molar-refractivity contribution in [3.8, 4) is 19.5 Å². The molecule has 0 fully saturated rings. The van der Waals surface area contributed by atoms with Crippen molar-refractivity contribution >= 4 is 34.0 Å². The molecule has 0 aromatic carbocycles. The first-order chi connectivity index (χ1) is 18.4. The topological polar surface area (TPSA) is 0 Å². The number of rotatable bonds is 12. The molecule has 0 atom stereocenters. The smallest absolute Gasteiger partial charge is 0.206 e. The highest BCUT2D eigenvalue weighted by molar-refractivity contribution is 7.26. The molecule has 0 nitrogen and oxygen atoms in total. The monoisotopic (exact) mass is 668 g/mol. The molecule has 0 aliphatic carbocycles. The highest BCUT2D eigenvalue weighted by atomic mass is 32.1. The van der Waals surface area contributed by atoms with Crippen molar-refractivity contribution in [1.82, 2.24) is 0 Å². The molecule has 0 spiro atoms. The molecule has 230 valence electrons. The molecule has 3 heterocycles. The van der Waals surface area contributed by atoms with Gasteiger partial charge in [0, 0.05) is 42.1 Å². The lowest BCUT2D eigenvalue weighted by atomic mass is 10.0. The van der Waals surface area contributed by atoms with Gasteiger partial charge in [-0.1, -0.05) is 0 Å². The van der Waals surface area contributed by atoms with Crippen LogP contribution in [0, 0.1) is 0 Å². The summed E-state index contributed by atoms with van der Waals surface area (Å²) in [5, 5.41) is 0. The molecule has 0 radical (unpaired) electrons. The third-order valence-electron chi connectivity index (χ3n) is 5.23. The van der Waals surface area contributed by atoms with E-state index in [0.29, 0.717) is 19.5 Å². The molecule has 0 saturated heterocycles. The second-order valence-electron chi connectivity index (χ2n) is 9.41. The normalized spacial score (nSPS) is 14.2. The molecule has 3 aromatic heterocycles. The molecule has 0 amide bonds. The fraction of sp³-hybridized carbons (Fsp3) is 0.500. The van der Waals surface area contributed by atoms with E-state index >= 15 is 0 Å². The van der Waals surface area contributed by atoms with Gasteiger partial charge in [0.1, 0.15) is 12.8 Å². The largest absolute Gasteiger partial charge is 0.394 e. The van der Waals surface area contributed by atoms with Crippen LogP contribution >= 0.6 is 34.0 Å². The molecule has 0 saturated carbocycles. The molecular formula is C24H18F14S3. The predicted molar refractivity (Wildman–Crippen MR) is 129 cm³/mol. The Morgan fingerprint density at radius 3 is 0.976 bits per heavy atom. The summed E-state index contributed by atoms with van der Waals surface area (Å²) in [5.74, 6) is -17.6. The zero-order valence-electron chi connectivity index (χ0n) is 20.2. The number of hydrogen-bond donors (Lipinski definition) is 0. The van der Waals surface area contributed by atoms with Gasteiger partial charge in [0.25, 0.3) is 23.7 Å². The van der Waals surface area contributed by atoms with Crippen LogP contribution in [-0.2, 0) is 12.8 Å². The second kappa shape index (κ2) is 11.7. The maximum absolute atomic E-state index is 14.1. The van der Waals surface area contributed by atoms with Gasteiger partial charge in [-0.3, -0.25) is 0 Å². The fourth-order valence-electron chi connectivity index (χ4n) is 3.92. The zero-order valence-corrected chi connectivity index (χ0v) is 22.7. The van der Waals surface area contributed by atoms with E-state index in [-0.39, 0.29) is 9.75 Å². The third-order valence-corrected chi connectivity index (χ3v) is 8.88. The van der Waals surface area contributed by atoms with Crippen LogP contribution in [-0.4, -0.2) is 36.0 Å². The summed E-state index contributed by atoms with van der Waals surface area (Å²) in [6.45, 7) is 0. The van der Waals surface area contributed by atoms with E-state index in [1.165, 1.54) is 24.3 Å². The highest BCUT2D eigenvalue weighted by Crippen LogP contribution is 2.45. The van der Waals surface area contributed by atoms with Crippen LogP contribution in [0.4, 0.5) is 61.5 Å². The van der Waals surface area contributed by atoms with E-state index in [4.69, 9.17) is 0 Å². The lowest BCUT2D eigenvalue weighted by Gasteiger charge is -2.23. The van der Waals surface area contributed by atoms with E-state index in [0.717, 1.165) is 34.0 Å². The van der Waals surface area contributed by atoms with Crippen molar-refractivity contribution in [2.45, 2.75) is 74.6 Å². The minimum Gasteiger partial charge on any atom is -0.206 e. The quantitative estimate of drug-likeness (QED) is 0.169. The van der Waals surface area contributed by atoms with E-state index < -0.39 is 74.6 Å². The molecule has 3 rings (SSSR count). The van der Waals surface area contributed by atoms with Gasteiger partial charge in [-0.15, -0.1) is 34.0 Å². The van der Waals surface area contributed by atoms with Gasteiger partial charge >= 0.3 is 12.4 Å². The SMILES string of the molecule is FC(F)(F)CC(F)(F)CC(F)(F)Cc1ccc(-c2ccc(-c3ccc(CC(F)(F)CC(F)(F)CC(F)(F)F)s3)s2)s1. The Labute approximate surface area is 235 Å². The zero-order chi connectivity index (χ0) is 31.1. The molecule has 17 heteroatoms. The van der Waals surface area contributed by atoms with E-state index in [1.807, 2.05) is 0 Å². The van der Waals surface area contributed by atoms with E-state index in [2.05, 4.69) is 0 Å². The van der Waals surface area contributed by atoms with Crippen molar-refractivity contribution in [3.63, 3.8) is 0 Å². The number of thiophene rings is 3. The van der Waals surface area contributed by atoms with Crippen LogP contribution in [0.5, 0.6) is 0 Å². The van der Waals surface area contributed by atoms with Crippen molar-refractivity contribution in [2.24, 2.45) is 0 Å². The van der Waals surface area contributed by atoms with Gasteiger partial charge < -0.3 is 0 Å². The maximum Gasteiger partial charge on any atom is 0.394 e. The molecule has 0 aliphatic rings. The van der Waals surface area contributed by atoms with E-state index in [9.17, 15) is 61.5 Å².